The first-order valence-corrected chi connectivity index (χ1v) is 4.75. The predicted molar refractivity (Wildman–Crippen MR) is 57.9 cm³/mol. The van der Waals surface area contributed by atoms with Crippen LogP contribution < -0.4 is 5.73 Å². The van der Waals surface area contributed by atoms with E-state index in [-0.39, 0.29) is 6.54 Å². The summed E-state index contributed by atoms with van der Waals surface area (Å²) in [4.78, 5) is 6.21. The van der Waals surface area contributed by atoms with Crippen LogP contribution in [0.15, 0.2) is 29.8 Å². The van der Waals surface area contributed by atoms with Crippen LogP contribution in [-0.4, -0.2) is 28.1 Å². The van der Waals surface area contributed by atoms with Gasteiger partial charge in [-0.2, -0.15) is 4.98 Å². The molecule has 5 heteroatoms. The first kappa shape index (κ1) is 11.6. The van der Waals surface area contributed by atoms with Crippen molar-refractivity contribution in [3.63, 3.8) is 0 Å². The minimum Gasteiger partial charge on any atom is -0.338 e. The summed E-state index contributed by atoms with van der Waals surface area (Å²) in [5.41, 5.74) is 5.37. The van der Waals surface area contributed by atoms with E-state index in [0.717, 1.165) is 13.1 Å². The molecule has 0 aliphatic heterocycles. The fraction of sp³-hybridized carbons (Fsp3) is 0.400. The standard InChI is InChI=1S/C10H16N4O/c1-3-5-14(6-4-2)8-9-12-10(7-11)15-13-9/h3-4H,1-2,5-8,11H2. The third-order valence-electron chi connectivity index (χ3n) is 1.82. The topological polar surface area (TPSA) is 68.2 Å². The molecular weight excluding hydrogens is 192 g/mol. The maximum atomic E-state index is 5.37. The van der Waals surface area contributed by atoms with Crippen molar-refractivity contribution in [1.29, 1.82) is 0 Å². The molecule has 0 bridgehead atoms. The third kappa shape index (κ3) is 3.65. The molecule has 0 saturated heterocycles. The van der Waals surface area contributed by atoms with Crippen molar-refractivity contribution in [1.82, 2.24) is 15.0 Å². The Hall–Kier alpha value is -1.46. The Labute approximate surface area is 89.3 Å². The highest BCUT2D eigenvalue weighted by Crippen LogP contribution is 2.01. The molecule has 0 aromatic carbocycles. The van der Waals surface area contributed by atoms with Gasteiger partial charge in [-0.3, -0.25) is 4.90 Å². The third-order valence-corrected chi connectivity index (χ3v) is 1.82. The second-order valence-corrected chi connectivity index (χ2v) is 3.08. The van der Waals surface area contributed by atoms with E-state index in [1.807, 2.05) is 12.2 Å². The van der Waals surface area contributed by atoms with E-state index in [4.69, 9.17) is 10.3 Å². The molecule has 0 atom stereocenters. The molecule has 0 amide bonds. The Bertz CT molecular complexity index is 311. The highest BCUT2D eigenvalue weighted by atomic mass is 16.5. The number of rotatable bonds is 7. The molecule has 0 saturated carbocycles. The molecule has 0 fully saturated rings. The summed E-state index contributed by atoms with van der Waals surface area (Å²) in [5, 5.41) is 3.81. The summed E-state index contributed by atoms with van der Waals surface area (Å²) in [6.45, 7) is 9.78. The van der Waals surface area contributed by atoms with E-state index < -0.39 is 0 Å². The zero-order valence-electron chi connectivity index (χ0n) is 8.72. The zero-order valence-corrected chi connectivity index (χ0v) is 8.72. The Morgan fingerprint density at radius 2 is 2.00 bits per heavy atom. The molecule has 0 radical (unpaired) electrons. The van der Waals surface area contributed by atoms with Gasteiger partial charge >= 0.3 is 0 Å². The van der Waals surface area contributed by atoms with Gasteiger partial charge in [0.2, 0.25) is 5.89 Å². The number of nitrogens with two attached hydrogens (primary N) is 1. The van der Waals surface area contributed by atoms with E-state index in [2.05, 4.69) is 28.2 Å². The zero-order chi connectivity index (χ0) is 11.1. The van der Waals surface area contributed by atoms with E-state index in [1.165, 1.54) is 0 Å². The predicted octanol–water partition coefficient (Wildman–Crippen LogP) is 0.702. The monoisotopic (exact) mass is 208 g/mol. The average molecular weight is 208 g/mol. The van der Waals surface area contributed by atoms with Crippen molar-refractivity contribution >= 4 is 0 Å². The van der Waals surface area contributed by atoms with Gasteiger partial charge in [-0.25, -0.2) is 0 Å². The van der Waals surface area contributed by atoms with E-state index in [1.54, 1.807) is 0 Å². The lowest BCUT2D eigenvalue weighted by Gasteiger charge is -2.15. The lowest BCUT2D eigenvalue weighted by molar-refractivity contribution is 0.306. The molecule has 0 aliphatic carbocycles. The molecule has 1 rings (SSSR count). The lowest BCUT2D eigenvalue weighted by Crippen LogP contribution is -2.23. The Morgan fingerprint density at radius 3 is 2.47 bits per heavy atom. The number of aromatic nitrogens is 2. The van der Waals surface area contributed by atoms with Gasteiger partial charge in [0.25, 0.3) is 0 Å². The Morgan fingerprint density at radius 1 is 1.33 bits per heavy atom. The van der Waals surface area contributed by atoms with Crippen LogP contribution in [0.1, 0.15) is 11.7 Å². The molecule has 82 valence electrons. The first-order valence-electron chi connectivity index (χ1n) is 4.75. The van der Waals surface area contributed by atoms with E-state index in [0.29, 0.717) is 18.3 Å². The van der Waals surface area contributed by atoms with Crippen LogP contribution in [0.25, 0.3) is 0 Å². The van der Waals surface area contributed by atoms with E-state index in [9.17, 15) is 0 Å². The number of nitrogens with zero attached hydrogens (tertiary/aromatic N) is 3. The molecule has 1 aromatic heterocycles. The van der Waals surface area contributed by atoms with Gasteiger partial charge in [0.05, 0.1) is 13.1 Å². The summed E-state index contributed by atoms with van der Waals surface area (Å²) in [6.07, 6.45) is 3.65. The van der Waals surface area contributed by atoms with Gasteiger partial charge in [0.1, 0.15) is 0 Å². The van der Waals surface area contributed by atoms with Gasteiger partial charge < -0.3 is 10.3 Å². The van der Waals surface area contributed by atoms with Crippen molar-refractivity contribution in [2.75, 3.05) is 13.1 Å². The molecule has 5 nitrogen and oxygen atoms in total. The van der Waals surface area contributed by atoms with Gasteiger partial charge in [0.15, 0.2) is 5.82 Å². The second-order valence-electron chi connectivity index (χ2n) is 3.08. The fourth-order valence-corrected chi connectivity index (χ4v) is 1.21. The minimum absolute atomic E-state index is 0.274. The van der Waals surface area contributed by atoms with Crippen LogP contribution in [0.2, 0.25) is 0 Å². The highest BCUT2D eigenvalue weighted by Gasteiger charge is 2.08. The first-order chi connectivity index (χ1) is 7.30. The summed E-state index contributed by atoms with van der Waals surface area (Å²) in [5.74, 6) is 1.10. The molecule has 1 heterocycles. The van der Waals surface area contributed by atoms with Crippen molar-refractivity contribution in [3.05, 3.63) is 37.0 Å². The largest absolute Gasteiger partial charge is 0.338 e. The maximum Gasteiger partial charge on any atom is 0.240 e. The Balaban J connectivity index is 2.55. The summed E-state index contributed by atoms with van der Waals surface area (Å²) in [6, 6.07) is 0. The quantitative estimate of drug-likeness (QED) is 0.668. The van der Waals surface area contributed by atoms with Gasteiger partial charge in [-0.1, -0.05) is 17.3 Å². The SMILES string of the molecule is C=CCN(CC=C)Cc1noc(CN)n1. The van der Waals surface area contributed by atoms with Crippen LogP contribution in [0.3, 0.4) is 0 Å². The van der Waals surface area contributed by atoms with Crippen molar-refractivity contribution in [3.8, 4) is 0 Å². The molecule has 0 unspecified atom stereocenters. The molecule has 0 spiro atoms. The van der Waals surface area contributed by atoms with Gasteiger partial charge in [0, 0.05) is 13.1 Å². The molecule has 2 N–H and O–H groups in total. The summed E-state index contributed by atoms with van der Waals surface area (Å²) >= 11 is 0. The van der Waals surface area contributed by atoms with Crippen LogP contribution in [-0.2, 0) is 13.1 Å². The van der Waals surface area contributed by atoms with Gasteiger partial charge in [-0.05, 0) is 0 Å². The number of hydrogen-bond donors (Lipinski definition) is 1. The smallest absolute Gasteiger partial charge is 0.240 e. The number of hydrogen-bond acceptors (Lipinski definition) is 5. The average Bonchev–Trinajstić information content (AvgIpc) is 2.66. The van der Waals surface area contributed by atoms with Crippen LogP contribution in [0.5, 0.6) is 0 Å². The van der Waals surface area contributed by atoms with Crippen molar-refractivity contribution in [2.45, 2.75) is 13.1 Å². The minimum atomic E-state index is 0.274. The molecular formula is C10H16N4O. The van der Waals surface area contributed by atoms with Crippen LogP contribution in [0, 0.1) is 0 Å². The van der Waals surface area contributed by atoms with Crippen molar-refractivity contribution in [2.24, 2.45) is 5.73 Å². The second kappa shape index (κ2) is 6.10. The van der Waals surface area contributed by atoms with Crippen molar-refractivity contribution < 1.29 is 4.52 Å². The van der Waals surface area contributed by atoms with Gasteiger partial charge in [-0.15, -0.1) is 13.2 Å². The maximum absolute atomic E-state index is 5.37. The Kier molecular flexibility index (Phi) is 4.73. The van der Waals surface area contributed by atoms with Crippen LogP contribution in [0.4, 0.5) is 0 Å². The van der Waals surface area contributed by atoms with E-state index >= 15 is 0 Å². The molecule has 0 aliphatic rings. The summed E-state index contributed by atoms with van der Waals surface area (Å²) < 4.78 is 4.91. The molecule has 15 heavy (non-hydrogen) atoms. The fourth-order valence-electron chi connectivity index (χ4n) is 1.21. The highest BCUT2D eigenvalue weighted by molar-refractivity contribution is 4.88. The lowest BCUT2D eigenvalue weighted by atomic mass is 10.4. The molecule has 1 aromatic rings. The normalized spacial score (nSPS) is 10.5. The van der Waals surface area contributed by atoms with Crippen LogP contribution >= 0.6 is 0 Å². The summed E-state index contributed by atoms with van der Waals surface area (Å²) in [7, 11) is 0.